The number of aliphatic hydroxyl groups excluding tert-OH is 4. The molecule has 17 heterocycles. The third kappa shape index (κ3) is 20.0. The molecular weight excluding hydrogens is 1860 g/mol. The lowest BCUT2D eigenvalue weighted by molar-refractivity contribution is -0.119. The zero-order valence-electron chi connectivity index (χ0n) is 67.8. The van der Waals surface area contributed by atoms with E-state index in [0.717, 1.165) is 30.3 Å². The molecule has 27 unspecified atom stereocenters. The summed E-state index contributed by atoms with van der Waals surface area (Å²) in [7, 11) is -22.1. The number of amides is 2. The molecule has 63 nitrogen and oxygen atoms in total. The van der Waals surface area contributed by atoms with Crippen molar-refractivity contribution >= 4 is 136 Å². The van der Waals surface area contributed by atoms with Gasteiger partial charge in [-0.15, -0.1) is 5.10 Å². The molecule has 6 fully saturated rings. The Labute approximate surface area is 731 Å². The van der Waals surface area contributed by atoms with Gasteiger partial charge >= 0.3 is 38.9 Å². The average molecular weight is 1940 g/mol. The van der Waals surface area contributed by atoms with Crippen molar-refractivity contribution in [1.82, 2.24) is 112 Å². The van der Waals surface area contributed by atoms with Gasteiger partial charge in [0.05, 0.1) is 83.0 Å². The molecule has 23 N–H and O–H groups in total. The van der Waals surface area contributed by atoms with Crippen LogP contribution in [-0.4, -0.2) is 321 Å². The first-order valence-electron chi connectivity index (χ1n) is 38.7. The van der Waals surface area contributed by atoms with Crippen molar-refractivity contribution in [3.05, 3.63) is 75.4 Å². The number of ether oxygens (including phenoxy) is 8. The van der Waals surface area contributed by atoms with E-state index in [-0.39, 0.29) is 117 Å². The molecule has 2 amide bonds. The molecule has 68 heteroatoms. The summed E-state index contributed by atoms with van der Waals surface area (Å²) >= 11 is 0. The summed E-state index contributed by atoms with van der Waals surface area (Å²) in [5.74, 6) is -1.89. The third-order valence-electron chi connectivity index (χ3n) is 21.2. The van der Waals surface area contributed by atoms with Gasteiger partial charge < -0.3 is 127 Å². The number of carbonyl (C=O) groups excluding carboxylic acids is 2. The number of fused-ring (bicyclic) bond motifs is 5. The number of aliphatic hydroxyl groups is 4. The fourth-order valence-corrected chi connectivity index (χ4v) is 19.5. The Morgan fingerprint density at radius 2 is 0.718 bits per heavy atom. The lowest BCUT2D eigenvalue weighted by atomic mass is 10.1. The normalized spacial score (nSPS) is 30.4. The van der Waals surface area contributed by atoms with Crippen LogP contribution in [0.15, 0.2) is 69.6 Å². The number of carbonyl (C=O) groups is 2. The number of hydrogen-bond acceptors (Lipinski definition) is 50. The molecule has 6 aliphatic rings. The van der Waals surface area contributed by atoms with Gasteiger partial charge in [-0.25, -0.2) is 103 Å². The highest BCUT2D eigenvalue weighted by Gasteiger charge is 2.56. The van der Waals surface area contributed by atoms with Crippen LogP contribution in [0.3, 0.4) is 0 Å². The molecule has 17 rings (SSSR count). The third-order valence-corrected chi connectivity index (χ3v) is 25.9. The molecule has 0 bridgehead atoms. The lowest BCUT2D eigenvalue weighted by Gasteiger charge is -2.27. The minimum absolute atomic E-state index is 0.0107. The van der Waals surface area contributed by atoms with Crippen molar-refractivity contribution in [2.24, 2.45) is 11.5 Å². The molecule has 0 radical (unpaired) electrons. The SMILES string of the molecule is COC1C(CCC(N)=O)OC(n2cnc3c(N)ncnc32)C1OP(=O)(O)OCC1OC(n2cnc3c(N)ncnc32)C(OP(=O)(O)OCC2OC(n3cnc(C(N)=O)n3)C(O)C2O)C1OC.CP(=O)(O)OCC1CC(OP(=O)(O)OCC2CC(OP(=O)(O)OCC3OC(n4cnc5c(N)ncnc54)C(O)C3O)C(n3cnc4c(N)ncnc43)O2)C(n2cnc3c(N)ncnc32)O1. The van der Waals surface area contributed by atoms with E-state index >= 15 is 0 Å². The van der Waals surface area contributed by atoms with Crippen molar-refractivity contribution in [3.8, 4) is 0 Å². The van der Waals surface area contributed by atoms with Gasteiger partial charge in [-0.2, -0.15) is 0 Å². The number of phosphoric ester groups is 4. The maximum absolute atomic E-state index is 13.9. The van der Waals surface area contributed by atoms with Gasteiger partial charge in [0.2, 0.25) is 11.7 Å². The number of rotatable bonds is 35. The number of methoxy groups -OCH3 is 2. The number of nitrogens with two attached hydrogens (primary N) is 7. The summed E-state index contributed by atoms with van der Waals surface area (Å²) in [5.41, 5.74) is 42.0. The van der Waals surface area contributed by atoms with Crippen LogP contribution >= 0.6 is 38.9 Å². The van der Waals surface area contributed by atoms with Crippen LogP contribution in [0.4, 0.5) is 29.1 Å². The molecule has 0 aromatic carbocycles. The molecule has 0 spiro atoms. The first-order valence-corrected chi connectivity index (χ1v) is 46.7. The number of anilines is 5. The molecule has 0 saturated carbocycles. The standard InChI is InChI=1S/C32H43N15O17P2.C31H40N15O16P3/c1-56-20-12(3-4-15(33)48)60-31(45-9-41-16-24(34)37-7-39-28(16)45)22(20)63-66(54,55)59-6-14-21(57-2)23(32(62-14)46-10-42-17-25(35)38-8-40-29(17)46)64-65(52,53)58-5-13-18(49)19(50)30(61-13)47-11-43-27(44-47)26(36)51;1-63(49,50)55-4-13-2-15(29(58-13)44-10-41-18-23(32)35-7-38-26(18)44)61-64(51,52)56-5-14-3-16(30(59-14)45-11-42-19-24(33)36-8-39-27(19)45)62-65(53,54)57-6-17-21(47)22(48)31(60-17)46-12-43-20-25(34)37-9-40-28(20)46/h7-14,18-23,30-32,49-50H,3-6H2,1-2H3,(H2,33,48)(H2,36,51)(H,52,53)(H,54,55)(H2,34,37,39)(H2,35,38,40);7-17,21-22,29-31,47-48H,2-6H2,1H3,(H,49,50)(H,51,52)(H,53,54)(H2,32,35,38)(H2,33,36,39)(H2,34,37,40). The highest BCUT2D eigenvalue weighted by Crippen LogP contribution is 2.57. The predicted molar refractivity (Wildman–Crippen MR) is 428 cm³/mol. The maximum Gasteiger partial charge on any atom is 0.472 e. The minimum Gasteiger partial charge on any atom is -0.387 e. The van der Waals surface area contributed by atoms with Gasteiger partial charge in [0.15, 0.2) is 94.7 Å². The monoisotopic (exact) mass is 1940 g/mol. The zero-order valence-corrected chi connectivity index (χ0v) is 72.3. The second-order valence-electron chi connectivity index (χ2n) is 29.8. The van der Waals surface area contributed by atoms with Gasteiger partial charge in [-0.05, 0) is 6.42 Å². The fraction of sp³-hybridized carbons (Fsp3) is 0.540. The number of imidazole rings is 5. The number of nitrogens with zero attached hydrogens (tertiary/aromatic N) is 23. The Kier molecular flexibility index (Phi) is 27.1. The fourth-order valence-electron chi connectivity index (χ4n) is 15.3. The predicted octanol–water partition coefficient (Wildman–Crippen LogP) is -3.78. The Balaban J connectivity index is 0.000000191. The van der Waals surface area contributed by atoms with E-state index in [1.807, 2.05) is 0 Å². The molecule has 6 saturated heterocycles. The van der Waals surface area contributed by atoms with Crippen LogP contribution < -0.4 is 40.1 Å². The van der Waals surface area contributed by atoms with Crippen molar-refractivity contribution in [1.29, 1.82) is 0 Å². The lowest BCUT2D eigenvalue weighted by Crippen LogP contribution is -2.38. The molecule has 11 aromatic rings. The number of phosphoric acid groups is 4. The summed E-state index contributed by atoms with van der Waals surface area (Å²) in [4.78, 5) is 142. The number of hydrogen-bond donors (Lipinski definition) is 16. The van der Waals surface area contributed by atoms with E-state index in [0.29, 0.717) is 0 Å². The summed E-state index contributed by atoms with van der Waals surface area (Å²) < 4.78 is 171. The van der Waals surface area contributed by atoms with Crippen molar-refractivity contribution in [3.63, 3.8) is 0 Å². The van der Waals surface area contributed by atoms with E-state index < -0.39 is 218 Å². The number of nitrogen functional groups attached to an aromatic ring is 5. The van der Waals surface area contributed by atoms with Crippen LogP contribution in [0.5, 0.6) is 0 Å². The van der Waals surface area contributed by atoms with Crippen LogP contribution in [0.2, 0.25) is 0 Å². The first-order chi connectivity index (χ1) is 62.2. The molecule has 6 aliphatic heterocycles. The Morgan fingerprint density at radius 1 is 0.389 bits per heavy atom. The second-order valence-corrected chi connectivity index (χ2v) is 37.3. The molecular formula is C63H83N30O33P5. The topological polar surface area (TPSA) is 889 Å². The zero-order chi connectivity index (χ0) is 93.2. The molecule has 131 heavy (non-hydrogen) atoms. The summed E-state index contributed by atoms with van der Waals surface area (Å²) in [5, 5.41) is 46.8. The van der Waals surface area contributed by atoms with E-state index in [9.17, 15) is 77.3 Å². The van der Waals surface area contributed by atoms with E-state index in [1.165, 1.54) is 87.7 Å². The number of aromatic nitrogens is 23. The van der Waals surface area contributed by atoms with Crippen molar-refractivity contribution in [2.75, 3.05) is 82.6 Å². The summed E-state index contributed by atoms with van der Waals surface area (Å²) in [6, 6.07) is 0. The minimum atomic E-state index is -5.25. The summed E-state index contributed by atoms with van der Waals surface area (Å²) in [6.45, 7) is -2.47. The van der Waals surface area contributed by atoms with Gasteiger partial charge in [0.1, 0.15) is 145 Å². The van der Waals surface area contributed by atoms with E-state index in [1.54, 1.807) is 0 Å². The molecule has 27 atom stereocenters. The highest BCUT2D eigenvalue weighted by atomic mass is 31.2. The largest absolute Gasteiger partial charge is 0.472 e. The van der Waals surface area contributed by atoms with Gasteiger partial charge in [0, 0.05) is 40.1 Å². The van der Waals surface area contributed by atoms with Gasteiger partial charge in [-0.3, -0.25) is 73.2 Å². The van der Waals surface area contributed by atoms with Gasteiger partial charge in [-0.1, -0.05) is 0 Å². The second kappa shape index (κ2) is 37.8. The van der Waals surface area contributed by atoms with Gasteiger partial charge in [0.25, 0.3) is 5.91 Å². The first kappa shape index (κ1) is 94.1. The van der Waals surface area contributed by atoms with E-state index in [2.05, 4.69) is 84.8 Å². The summed E-state index contributed by atoms with van der Waals surface area (Å²) in [6.07, 6.45) is -17.2. The van der Waals surface area contributed by atoms with Crippen LogP contribution in [0, 0.1) is 0 Å². The van der Waals surface area contributed by atoms with E-state index in [4.69, 9.17) is 119 Å². The molecule has 0 aliphatic carbocycles. The van der Waals surface area contributed by atoms with Crippen LogP contribution in [0.25, 0.3) is 55.8 Å². The van der Waals surface area contributed by atoms with Crippen molar-refractivity contribution < 1.29 is 156 Å². The smallest absolute Gasteiger partial charge is 0.387 e. The number of primary amides is 2. The molecule has 11 aromatic heterocycles. The van der Waals surface area contributed by atoms with Crippen LogP contribution in [-0.2, 0) is 106 Å². The Morgan fingerprint density at radius 3 is 1.09 bits per heavy atom. The average Bonchev–Trinajstić information content (AvgIpc) is 1.59. The van der Waals surface area contributed by atoms with Crippen molar-refractivity contribution in [2.45, 2.75) is 161 Å². The quantitative estimate of drug-likeness (QED) is 0.0170. The highest BCUT2D eigenvalue weighted by molar-refractivity contribution is 7.52. The molecule has 708 valence electrons. The Bertz CT molecular complexity index is 6280. The van der Waals surface area contributed by atoms with Crippen LogP contribution in [0.1, 0.15) is 73.7 Å². The Hall–Kier alpha value is -10.1. The maximum atomic E-state index is 13.9.